The molecule has 0 spiro atoms. The molecular formula is C11H16ClN3O. The van der Waals surface area contributed by atoms with E-state index in [-0.39, 0.29) is 11.9 Å². The third kappa shape index (κ3) is 2.07. The van der Waals surface area contributed by atoms with Crippen LogP contribution in [0, 0.1) is 0 Å². The standard InChI is InChI=1S/C11H16ClN3O/c1-14-10(5-6-13-14)11(16)15-7-3-2-4-9(15)8-12/h5-6,9H,2-4,7-8H2,1H3. The van der Waals surface area contributed by atoms with Crippen molar-refractivity contribution in [2.24, 2.45) is 7.05 Å². The van der Waals surface area contributed by atoms with E-state index in [0.29, 0.717) is 11.6 Å². The zero-order valence-electron chi connectivity index (χ0n) is 9.40. The number of carbonyl (C=O) groups is 1. The van der Waals surface area contributed by atoms with E-state index in [4.69, 9.17) is 11.6 Å². The molecule has 1 unspecified atom stereocenters. The highest BCUT2D eigenvalue weighted by molar-refractivity contribution is 6.18. The Morgan fingerprint density at radius 3 is 3.06 bits per heavy atom. The lowest BCUT2D eigenvalue weighted by molar-refractivity contribution is 0.0628. The quantitative estimate of drug-likeness (QED) is 0.739. The molecule has 2 rings (SSSR count). The minimum absolute atomic E-state index is 0.0466. The Labute approximate surface area is 100 Å². The maximum absolute atomic E-state index is 12.3. The van der Waals surface area contributed by atoms with Crippen molar-refractivity contribution in [1.29, 1.82) is 0 Å². The lowest BCUT2D eigenvalue weighted by atomic mass is 10.0. The van der Waals surface area contributed by atoms with Crippen LogP contribution >= 0.6 is 11.6 Å². The molecule has 1 aliphatic rings. The third-order valence-corrected chi connectivity index (χ3v) is 3.46. The molecule has 0 bridgehead atoms. The summed E-state index contributed by atoms with van der Waals surface area (Å²) >= 11 is 5.90. The molecule has 1 amide bonds. The summed E-state index contributed by atoms with van der Waals surface area (Å²) in [7, 11) is 1.78. The summed E-state index contributed by atoms with van der Waals surface area (Å²) in [5.74, 6) is 0.564. The van der Waals surface area contributed by atoms with Gasteiger partial charge in [-0.25, -0.2) is 0 Å². The van der Waals surface area contributed by atoms with Crippen molar-refractivity contribution in [2.45, 2.75) is 25.3 Å². The minimum Gasteiger partial charge on any atom is -0.333 e. The van der Waals surface area contributed by atoms with Crippen LogP contribution in [0.4, 0.5) is 0 Å². The van der Waals surface area contributed by atoms with Crippen LogP contribution in [-0.4, -0.2) is 39.1 Å². The van der Waals surface area contributed by atoms with Gasteiger partial charge in [0.1, 0.15) is 5.69 Å². The molecule has 1 fully saturated rings. The number of rotatable bonds is 2. The molecule has 88 valence electrons. The van der Waals surface area contributed by atoms with Gasteiger partial charge >= 0.3 is 0 Å². The lowest BCUT2D eigenvalue weighted by Gasteiger charge is -2.34. The molecule has 1 aromatic rings. The first-order valence-corrected chi connectivity index (χ1v) is 6.12. The Bertz CT molecular complexity index is 377. The smallest absolute Gasteiger partial charge is 0.272 e. The van der Waals surface area contributed by atoms with Crippen LogP contribution in [0.25, 0.3) is 0 Å². The number of hydrogen-bond acceptors (Lipinski definition) is 2. The Hall–Kier alpha value is -1.03. The molecule has 1 atom stereocenters. The minimum atomic E-state index is 0.0466. The van der Waals surface area contributed by atoms with E-state index >= 15 is 0 Å². The number of alkyl halides is 1. The van der Waals surface area contributed by atoms with E-state index < -0.39 is 0 Å². The fourth-order valence-corrected chi connectivity index (χ4v) is 2.48. The zero-order valence-corrected chi connectivity index (χ0v) is 10.2. The van der Waals surface area contributed by atoms with Gasteiger partial charge in [0, 0.05) is 31.7 Å². The predicted molar refractivity (Wildman–Crippen MR) is 62.6 cm³/mol. The Morgan fingerprint density at radius 1 is 1.62 bits per heavy atom. The van der Waals surface area contributed by atoms with Crippen molar-refractivity contribution in [3.8, 4) is 0 Å². The first kappa shape index (κ1) is 11.5. The third-order valence-electron chi connectivity index (χ3n) is 3.11. The number of likely N-dealkylation sites (tertiary alicyclic amines) is 1. The van der Waals surface area contributed by atoms with Gasteiger partial charge in [-0.3, -0.25) is 9.48 Å². The Morgan fingerprint density at radius 2 is 2.44 bits per heavy atom. The van der Waals surface area contributed by atoms with Crippen molar-refractivity contribution in [3.05, 3.63) is 18.0 Å². The molecule has 0 saturated carbocycles. The van der Waals surface area contributed by atoms with Gasteiger partial charge in [0.2, 0.25) is 0 Å². The fourth-order valence-electron chi connectivity index (χ4n) is 2.16. The highest BCUT2D eigenvalue weighted by atomic mass is 35.5. The Kier molecular flexibility index (Phi) is 3.49. The molecular weight excluding hydrogens is 226 g/mol. The highest BCUT2D eigenvalue weighted by Crippen LogP contribution is 2.20. The van der Waals surface area contributed by atoms with Crippen molar-refractivity contribution in [2.75, 3.05) is 12.4 Å². The molecule has 1 aromatic heterocycles. The molecule has 5 heteroatoms. The van der Waals surface area contributed by atoms with Crippen molar-refractivity contribution in [1.82, 2.24) is 14.7 Å². The maximum atomic E-state index is 12.3. The normalized spacial score (nSPS) is 21.1. The Balaban J connectivity index is 2.17. The monoisotopic (exact) mass is 241 g/mol. The number of halogens is 1. The summed E-state index contributed by atoms with van der Waals surface area (Å²) in [5.41, 5.74) is 0.636. The van der Waals surface area contributed by atoms with Crippen LogP contribution in [0.3, 0.4) is 0 Å². The van der Waals surface area contributed by atoms with Crippen LogP contribution in [0.15, 0.2) is 12.3 Å². The first-order valence-electron chi connectivity index (χ1n) is 5.59. The molecule has 0 radical (unpaired) electrons. The van der Waals surface area contributed by atoms with E-state index in [0.717, 1.165) is 25.8 Å². The number of nitrogens with zero attached hydrogens (tertiary/aromatic N) is 3. The lowest BCUT2D eigenvalue weighted by Crippen LogP contribution is -2.45. The summed E-state index contributed by atoms with van der Waals surface area (Å²) in [5, 5.41) is 4.02. The molecule has 0 N–H and O–H groups in total. The van der Waals surface area contributed by atoms with Gasteiger partial charge in [-0.2, -0.15) is 5.10 Å². The first-order chi connectivity index (χ1) is 7.74. The number of carbonyl (C=O) groups excluding carboxylic acids is 1. The van der Waals surface area contributed by atoms with Crippen LogP contribution in [0.2, 0.25) is 0 Å². The van der Waals surface area contributed by atoms with Gasteiger partial charge in [-0.05, 0) is 25.3 Å². The predicted octanol–water partition coefficient (Wildman–Crippen LogP) is 1.65. The fraction of sp³-hybridized carbons (Fsp3) is 0.636. The van der Waals surface area contributed by atoms with Crippen molar-refractivity contribution < 1.29 is 4.79 Å². The van der Waals surface area contributed by atoms with E-state index in [9.17, 15) is 4.79 Å². The van der Waals surface area contributed by atoms with E-state index in [2.05, 4.69) is 5.10 Å². The zero-order chi connectivity index (χ0) is 11.5. The van der Waals surface area contributed by atoms with E-state index in [1.165, 1.54) is 0 Å². The number of hydrogen-bond donors (Lipinski definition) is 0. The highest BCUT2D eigenvalue weighted by Gasteiger charge is 2.27. The number of aryl methyl sites for hydroxylation is 1. The average Bonchev–Trinajstić information content (AvgIpc) is 2.74. The molecule has 0 aliphatic carbocycles. The SMILES string of the molecule is Cn1nccc1C(=O)N1CCCCC1CCl. The van der Waals surface area contributed by atoms with Gasteiger partial charge < -0.3 is 4.90 Å². The van der Waals surface area contributed by atoms with Crippen molar-refractivity contribution in [3.63, 3.8) is 0 Å². The van der Waals surface area contributed by atoms with Gasteiger partial charge in [0.25, 0.3) is 5.91 Å². The molecule has 4 nitrogen and oxygen atoms in total. The average molecular weight is 242 g/mol. The van der Waals surface area contributed by atoms with Crippen LogP contribution in [0.1, 0.15) is 29.8 Å². The summed E-state index contributed by atoms with van der Waals surface area (Å²) in [4.78, 5) is 14.1. The molecule has 0 aromatic carbocycles. The molecule has 16 heavy (non-hydrogen) atoms. The van der Waals surface area contributed by atoms with Crippen LogP contribution in [0.5, 0.6) is 0 Å². The second-order valence-electron chi connectivity index (χ2n) is 4.14. The van der Waals surface area contributed by atoms with Gasteiger partial charge in [-0.1, -0.05) is 0 Å². The van der Waals surface area contributed by atoms with Crippen LogP contribution in [-0.2, 0) is 7.05 Å². The van der Waals surface area contributed by atoms with E-state index in [1.807, 2.05) is 4.90 Å². The summed E-state index contributed by atoms with van der Waals surface area (Å²) in [6.45, 7) is 0.807. The topological polar surface area (TPSA) is 38.1 Å². The molecule has 1 saturated heterocycles. The van der Waals surface area contributed by atoms with E-state index in [1.54, 1.807) is 24.0 Å². The molecule has 2 heterocycles. The largest absolute Gasteiger partial charge is 0.333 e. The second-order valence-corrected chi connectivity index (χ2v) is 4.45. The number of piperidine rings is 1. The van der Waals surface area contributed by atoms with Crippen LogP contribution < -0.4 is 0 Å². The summed E-state index contributed by atoms with van der Waals surface area (Å²) < 4.78 is 1.61. The summed E-state index contributed by atoms with van der Waals surface area (Å²) in [6, 6.07) is 1.93. The van der Waals surface area contributed by atoms with Gasteiger partial charge in [-0.15, -0.1) is 11.6 Å². The number of amides is 1. The van der Waals surface area contributed by atoms with Crippen molar-refractivity contribution >= 4 is 17.5 Å². The summed E-state index contributed by atoms with van der Waals surface area (Å²) in [6.07, 6.45) is 4.88. The molecule has 1 aliphatic heterocycles. The second kappa shape index (κ2) is 4.87. The van der Waals surface area contributed by atoms with Gasteiger partial charge in [0.05, 0.1) is 0 Å². The van der Waals surface area contributed by atoms with Gasteiger partial charge in [0.15, 0.2) is 0 Å². The maximum Gasteiger partial charge on any atom is 0.272 e. The number of aromatic nitrogens is 2.